The summed E-state index contributed by atoms with van der Waals surface area (Å²) >= 11 is 21.0. The van der Waals surface area contributed by atoms with Gasteiger partial charge >= 0.3 is 24.4 Å². The summed E-state index contributed by atoms with van der Waals surface area (Å²) < 4.78 is 129. The standard InChI is InChI=1S/C19H22ClN7O4S.C19H23N7O4S.C17H20ClN7O4S2.C17H19ClN6O4S2/c1-10-8-13(17(20)21-9-10)12(3)31-19(28)23-18-16(24-26-27(18)4)15-7-6-14(11(2)22-15)25-32(5,29)30;1-11-14(7-6-10-20-11)13(3)30-19(27)22-18-17(23-25-26(18)4)16-9-8-15(12(2)21-16)24-31(5,28)29;1-8-11(23-31(5,27)28)6-7-12(19-8)14-16(25(4)24-22-14)21-17(26)29-9(2)13-15(18)30-10(3)20-13;1-9-12(22-30(4,26)27)5-6-13(19-9)14-16(24(3)23-21-14)20-17(25)28-10(2)15-11(18)7-8-29-15/h6-9,12,25H,1-5H3,(H,23,28);6-10,13,24H,1-5H3,(H,22,27);6-7,9,23H,1-5H3,(H,21,26);5-8,10,22H,1-4H3,(H,20,25)/t12-;13-;9-;10-/m1111/s1. The molecule has 4 atom stereocenters. The van der Waals surface area contributed by atoms with Crippen molar-refractivity contribution in [3.8, 4) is 45.6 Å². The number of hydrogen-bond acceptors (Lipinski definition) is 33. The third-order valence-electron chi connectivity index (χ3n) is 16.9. The first kappa shape index (κ1) is 95.6. The Morgan fingerprint density at radius 1 is 0.419 bits per heavy atom. The quantitative estimate of drug-likeness (QED) is 0.0206. The molecule has 0 aliphatic rings. The average molecular weight is 1880 g/mol. The van der Waals surface area contributed by atoms with Gasteiger partial charge in [0.1, 0.15) is 39.6 Å². The largest absolute Gasteiger partial charge is 0.441 e. The number of sulfonamides is 4. The molecule has 0 spiro atoms. The van der Waals surface area contributed by atoms with Crippen LogP contribution < -0.4 is 40.2 Å². The maximum atomic E-state index is 12.5. The van der Waals surface area contributed by atoms with Crippen LogP contribution in [0, 0.1) is 48.5 Å². The normalized spacial score (nSPS) is 12.4. The maximum Gasteiger partial charge on any atom is 0.413 e. The molecule has 660 valence electrons. The molecule has 12 heterocycles. The number of nitrogens with one attached hydrogen (secondary N) is 8. The van der Waals surface area contributed by atoms with Crippen molar-refractivity contribution < 1.29 is 71.8 Å². The van der Waals surface area contributed by atoms with E-state index in [1.165, 1.54) is 41.4 Å². The Bertz CT molecular complexity index is 6470. The summed E-state index contributed by atoms with van der Waals surface area (Å²) in [5.41, 5.74) is 9.47. The summed E-state index contributed by atoms with van der Waals surface area (Å²) in [6.07, 6.45) is 2.28. The van der Waals surface area contributed by atoms with Gasteiger partial charge in [0.2, 0.25) is 40.1 Å². The van der Waals surface area contributed by atoms with Gasteiger partial charge in [-0.1, -0.05) is 61.7 Å². The van der Waals surface area contributed by atoms with E-state index in [-0.39, 0.29) is 28.4 Å². The minimum Gasteiger partial charge on any atom is -0.441 e. The SMILES string of the molecule is Cc1cnc(Cl)c([C@@H](C)OC(=O)Nc2c(-c3ccc(NS(C)(=O)=O)c(C)n3)nnn2C)c1.Cc1nc(-c2nnn(C)c2NC(=O)O[C@H](C)c2cccnc2C)ccc1NS(C)(=O)=O.Cc1nc(-c2nnn(C)c2NC(=O)O[C@H](C)c2sccc2Cl)ccc1NS(C)(=O)=O.Cc1nc([C@@H](C)OC(=O)Nc2c(-c3ccc(NS(C)(=O)=O)c(C)n3)nnn2C)c(Cl)s1. The summed E-state index contributed by atoms with van der Waals surface area (Å²) in [5, 5.41) is 45.8. The number of aromatic nitrogens is 19. The predicted molar refractivity (Wildman–Crippen MR) is 468 cm³/mol. The number of amides is 4. The predicted octanol–water partition coefficient (Wildman–Crippen LogP) is 12.7. The second-order valence-electron chi connectivity index (χ2n) is 27.2. The maximum absolute atomic E-state index is 12.5. The van der Waals surface area contributed by atoms with E-state index < -0.39 is 88.9 Å². The number of aryl methyl sites for hydroxylation is 11. The molecule has 8 N–H and O–H groups in total. The summed E-state index contributed by atoms with van der Waals surface area (Å²) in [6.45, 7) is 18.9. The molecule has 12 rings (SSSR count). The van der Waals surface area contributed by atoms with Crippen molar-refractivity contribution in [3.05, 3.63) is 166 Å². The topological polar surface area (TPSA) is 551 Å². The minimum absolute atomic E-state index is 0.251. The van der Waals surface area contributed by atoms with Gasteiger partial charge in [-0.15, -0.1) is 43.1 Å². The highest BCUT2D eigenvalue weighted by molar-refractivity contribution is 7.92. The van der Waals surface area contributed by atoms with E-state index in [4.69, 9.17) is 53.8 Å². The third-order valence-corrected chi connectivity index (χ3v) is 22.3. The molecule has 0 saturated heterocycles. The Morgan fingerprint density at radius 3 is 1.05 bits per heavy atom. The van der Waals surface area contributed by atoms with E-state index in [1.54, 1.807) is 163 Å². The Kier molecular flexibility index (Phi) is 31.1. The molecule has 12 aromatic rings. The van der Waals surface area contributed by atoms with Gasteiger partial charge in [-0.2, -0.15) is 0 Å². The number of carbonyl (C=O) groups excluding carboxylic acids is 4. The lowest BCUT2D eigenvalue weighted by Crippen LogP contribution is -2.19. The van der Waals surface area contributed by atoms with Crippen molar-refractivity contribution in [2.45, 2.75) is 101 Å². The van der Waals surface area contributed by atoms with Crippen LogP contribution in [-0.2, 0) is 87.2 Å². The van der Waals surface area contributed by atoms with E-state index in [2.05, 4.69) is 116 Å². The number of carbonyl (C=O) groups is 4. The highest BCUT2D eigenvalue weighted by atomic mass is 35.5. The van der Waals surface area contributed by atoms with Crippen LogP contribution >= 0.6 is 57.5 Å². The fourth-order valence-electron chi connectivity index (χ4n) is 11.1. The minimum atomic E-state index is -3.45. The van der Waals surface area contributed by atoms with Gasteiger partial charge in [-0.25, -0.2) is 101 Å². The highest BCUT2D eigenvalue weighted by Gasteiger charge is 2.28. The number of nitrogens with zero attached hydrogens (tertiary/aromatic N) is 19. The third kappa shape index (κ3) is 26.4. The van der Waals surface area contributed by atoms with Gasteiger partial charge < -0.3 is 18.9 Å². The molecule has 124 heavy (non-hydrogen) atoms. The Labute approximate surface area is 734 Å². The van der Waals surface area contributed by atoms with Crippen molar-refractivity contribution >= 4 is 168 Å². The second kappa shape index (κ2) is 40.4. The van der Waals surface area contributed by atoms with Crippen LogP contribution in [0.3, 0.4) is 0 Å². The van der Waals surface area contributed by atoms with E-state index in [9.17, 15) is 52.8 Å². The van der Waals surface area contributed by atoms with Gasteiger partial charge in [0, 0.05) is 57.4 Å². The molecular weight excluding hydrogens is 1800 g/mol. The Morgan fingerprint density at radius 2 is 0.750 bits per heavy atom. The molecule has 0 aliphatic heterocycles. The lowest BCUT2D eigenvalue weighted by atomic mass is 10.1. The lowest BCUT2D eigenvalue weighted by molar-refractivity contribution is 0.118. The summed E-state index contributed by atoms with van der Waals surface area (Å²) in [5.74, 6) is 1.08. The fraction of sp³-hybridized carbons (Fsp3) is 0.319. The molecule has 4 amide bonds. The van der Waals surface area contributed by atoms with Crippen LogP contribution in [0.1, 0.15) is 113 Å². The van der Waals surface area contributed by atoms with Crippen molar-refractivity contribution in [2.24, 2.45) is 28.2 Å². The number of thiazole rings is 1. The molecule has 0 unspecified atom stereocenters. The molecule has 0 aliphatic carbocycles. The molecule has 0 saturated carbocycles. The smallest absolute Gasteiger partial charge is 0.413 e. The van der Waals surface area contributed by atoms with Crippen molar-refractivity contribution in [1.29, 1.82) is 0 Å². The average Bonchev–Trinajstić information content (AvgIpc) is 1.63. The molecule has 0 radical (unpaired) electrons. The van der Waals surface area contributed by atoms with Gasteiger partial charge in [0.05, 0.1) is 108 Å². The first-order valence-corrected chi connectivity index (χ1v) is 46.6. The van der Waals surface area contributed by atoms with Crippen LogP contribution in [0.15, 0.2) is 90.6 Å². The number of thiophene rings is 1. The number of hydrogen-bond donors (Lipinski definition) is 8. The van der Waals surface area contributed by atoms with Crippen LogP contribution in [0.5, 0.6) is 0 Å². The van der Waals surface area contributed by atoms with E-state index in [0.29, 0.717) is 112 Å². The summed E-state index contributed by atoms with van der Waals surface area (Å²) in [6, 6.07) is 19.7. The lowest BCUT2D eigenvalue weighted by Gasteiger charge is -2.16. The molecule has 0 bridgehead atoms. The number of anilines is 8. The fourth-order valence-corrected chi connectivity index (χ4v) is 16.3. The van der Waals surface area contributed by atoms with Gasteiger partial charge in [0.15, 0.2) is 46.0 Å². The molecule has 52 heteroatoms. The Balaban J connectivity index is 0.000000187. The van der Waals surface area contributed by atoms with Crippen molar-refractivity contribution in [2.75, 3.05) is 65.2 Å². The van der Waals surface area contributed by atoms with Crippen LogP contribution in [-0.4, -0.2) is 178 Å². The number of ether oxygens (including phenoxy) is 4. The summed E-state index contributed by atoms with van der Waals surface area (Å²) in [4.78, 5) is 80.7. The Hall–Kier alpha value is -12.3. The zero-order valence-corrected chi connectivity index (χ0v) is 76.7. The van der Waals surface area contributed by atoms with Crippen LogP contribution in [0.4, 0.5) is 65.2 Å². The number of pyridine rings is 6. The molecular formula is C72H84Cl3N27O16S6. The van der Waals surface area contributed by atoms with Gasteiger partial charge in [0.25, 0.3) is 0 Å². The molecule has 0 aromatic carbocycles. The van der Waals surface area contributed by atoms with Gasteiger partial charge in [-0.3, -0.25) is 45.1 Å². The zero-order chi connectivity index (χ0) is 91.4. The molecule has 0 fully saturated rings. The van der Waals surface area contributed by atoms with Crippen LogP contribution in [0.2, 0.25) is 14.5 Å². The second-order valence-corrected chi connectivity index (χ2v) is 37.8. The van der Waals surface area contributed by atoms with E-state index in [1.807, 2.05) is 32.2 Å². The highest BCUT2D eigenvalue weighted by Crippen LogP contribution is 2.36. The monoisotopic (exact) mass is 1880 g/mol. The van der Waals surface area contributed by atoms with Crippen molar-refractivity contribution in [1.82, 2.24) is 94.9 Å². The first-order valence-electron chi connectivity index (χ1n) is 36.2. The van der Waals surface area contributed by atoms with Crippen molar-refractivity contribution in [3.63, 3.8) is 0 Å². The summed E-state index contributed by atoms with van der Waals surface area (Å²) in [7, 11) is -7.33. The number of rotatable bonds is 24. The first-order chi connectivity index (χ1) is 58.0. The van der Waals surface area contributed by atoms with Crippen LogP contribution in [0.25, 0.3) is 45.6 Å². The van der Waals surface area contributed by atoms with E-state index >= 15 is 0 Å². The zero-order valence-electron chi connectivity index (χ0n) is 69.6. The van der Waals surface area contributed by atoms with Gasteiger partial charge in [-0.05, 0) is 154 Å². The van der Waals surface area contributed by atoms with E-state index in [0.717, 1.165) is 51.7 Å². The number of halogens is 3. The molecule has 12 aromatic heterocycles. The molecule has 43 nitrogen and oxygen atoms in total.